The summed E-state index contributed by atoms with van der Waals surface area (Å²) in [5, 5.41) is 2.65. The molecule has 23 heavy (non-hydrogen) atoms. The topological polar surface area (TPSA) is 57.8 Å². The second-order valence-electron chi connectivity index (χ2n) is 5.09. The number of hydrogen-bond donors (Lipinski definition) is 2. The fraction of sp³-hybridized carbons (Fsp3) is 0.0588. The Balaban J connectivity index is 1.97. The first-order valence-corrected chi connectivity index (χ1v) is 6.92. The molecule has 4 nitrogen and oxygen atoms in total. The number of aromatic nitrogens is 2. The first-order valence-electron chi connectivity index (χ1n) is 6.92. The van der Waals surface area contributed by atoms with Crippen LogP contribution in [0.5, 0.6) is 0 Å². The lowest BCUT2D eigenvalue weighted by Gasteiger charge is -2.08. The summed E-state index contributed by atoms with van der Waals surface area (Å²) in [6.07, 6.45) is 0. The summed E-state index contributed by atoms with van der Waals surface area (Å²) in [4.78, 5) is 18.5. The van der Waals surface area contributed by atoms with Crippen LogP contribution in [-0.4, -0.2) is 9.97 Å². The van der Waals surface area contributed by atoms with Crippen molar-refractivity contribution in [3.8, 4) is 11.3 Å². The number of anilines is 2. The third-order valence-electron chi connectivity index (χ3n) is 3.27. The number of halogens is 2. The lowest BCUT2D eigenvalue weighted by molar-refractivity contribution is 0.586. The summed E-state index contributed by atoms with van der Waals surface area (Å²) in [5.74, 6) is -1.37. The Kier molecular flexibility index (Phi) is 3.89. The SMILES string of the molecule is Cc1ccc(-c2cc(=O)[nH]c(Nc3ccc(F)cc3F)n2)cc1. The Morgan fingerprint density at radius 3 is 2.48 bits per heavy atom. The molecule has 0 amide bonds. The molecule has 0 atom stereocenters. The van der Waals surface area contributed by atoms with Crippen LogP contribution in [0.1, 0.15) is 5.56 Å². The van der Waals surface area contributed by atoms with Gasteiger partial charge < -0.3 is 5.32 Å². The van der Waals surface area contributed by atoms with Crippen molar-refractivity contribution in [2.75, 3.05) is 5.32 Å². The Morgan fingerprint density at radius 1 is 1.04 bits per heavy atom. The van der Waals surface area contributed by atoms with E-state index in [0.29, 0.717) is 5.69 Å². The van der Waals surface area contributed by atoms with Crippen molar-refractivity contribution in [2.24, 2.45) is 0 Å². The third-order valence-corrected chi connectivity index (χ3v) is 3.27. The maximum atomic E-state index is 13.7. The van der Waals surface area contributed by atoms with Gasteiger partial charge in [0.1, 0.15) is 11.6 Å². The van der Waals surface area contributed by atoms with E-state index < -0.39 is 11.6 Å². The molecular weight excluding hydrogens is 300 g/mol. The summed E-state index contributed by atoms with van der Waals surface area (Å²) in [6.45, 7) is 1.96. The molecule has 0 saturated carbocycles. The van der Waals surface area contributed by atoms with Crippen molar-refractivity contribution in [1.29, 1.82) is 0 Å². The molecule has 1 aromatic heterocycles. The highest BCUT2D eigenvalue weighted by atomic mass is 19.1. The summed E-state index contributed by atoms with van der Waals surface area (Å²) in [5.41, 5.74) is 1.96. The van der Waals surface area contributed by atoms with Crippen LogP contribution in [0.25, 0.3) is 11.3 Å². The number of aromatic amines is 1. The van der Waals surface area contributed by atoms with Gasteiger partial charge in [-0.3, -0.25) is 9.78 Å². The van der Waals surface area contributed by atoms with E-state index in [1.54, 1.807) is 0 Å². The molecule has 3 aromatic rings. The van der Waals surface area contributed by atoms with Gasteiger partial charge in [-0.05, 0) is 19.1 Å². The summed E-state index contributed by atoms with van der Waals surface area (Å²) in [6, 6.07) is 12.0. The predicted molar refractivity (Wildman–Crippen MR) is 84.7 cm³/mol. The minimum atomic E-state index is -0.770. The highest BCUT2D eigenvalue weighted by Crippen LogP contribution is 2.20. The molecular formula is C17H13F2N3O. The first kappa shape index (κ1) is 14.9. The lowest BCUT2D eigenvalue weighted by Crippen LogP contribution is -2.11. The highest BCUT2D eigenvalue weighted by Gasteiger charge is 2.08. The molecule has 0 aliphatic carbocycles. The molecule has 0 aliphatic heterocycles. The molecule has 0 radical (unpaired) electrons. The number of nitrogens with one attached hydrogen (secondary N) is 2. The number of H-pyrrole nitrogens is 1. The van der Waals surface area contributed by atoms with Crippen molar-refractivity contribution in [1.82, 2.24) is 9.97 Å². The van der Waals surface area contributed by atoms with E-state index in [1.807, 2.05) is 31.2 Å². The van der Waals surface area contributed by atoms with Crippen LogP contribution in [0.4, 0.5) is 20.4 Å². The van der Waals surface area contributed by atoms with E-state index in [-0.39, 0.29) is 17.2 Å². The Hall–Kier alpha value is -3.02. The number of rotatable bonds is 3. The molecule has 0 unspecified atom stereocenters. The normalized spacial score (nSPS) is 10.6. The maximum absolute atomic E-state index is 13.7. The Bertz CT molecular complexity index is 904. The van der Waals surface area contributed by atoms with E-state index in [2.05, 4.69) is 15.3 Å². The Labute approximate surface area is 130 Å². The molecule has 2 aromatic carbocycles. The maximum Gasteiger partial charge on any atom is 0.252 e. The average molecular weight is 313 g/mol. The summed E-state index contributed by atoms with van der Waals surface area (Å²) in [7, 11) is 0. The van der Waals surface area contributed by atoms with E-state index >= 15 is 0 Å². The van der Waals surface area contributed by atoms with Crippen LogP contribution >= 0.6 is 0 Å². The van der Waals surface area contributed by atoms with E-state index in [9.17, 15) is 13.6 Å². The molecule has 1 heterocycles. The van der Waals surface area contributed by atoms with E-state index in [4.69, 9.17) is 0 Å². The molecule has 0 spiro atoms. The van der Waals surface area contributed by atoms with Gasteiger partial charge in [0.2, 0.25) is 5.95 Å². The standard InChI is InChI=1S/C17H13F2N3O/c1-10-2-4-11(5-3-10)15-9-16(23)22-17(21-15)20-14-7-6-12(18)8-13(14)19/h2-9H,1H3,(H2,20,21,22,23). The van der Waals surface area contributed by atoms with E-state index in [1.165, 1.54) is 12.1 Å². The van der Waals surface area contributed by atoms with Gasteiger partial charge in [-0.15, -0.1) is 0 Å². The minimum Gasteiger partial charge on any atom is -0.323 e. The lowest BCUT2D eigenvalue weighted by atomic mass is 10.1. The number of hydrogen-bond acceptors (Lipinski definition) is 3. The molecule has 0 fully saturated rings. The predicted octanol–water partition coefficient (Wildman–Crippen LogP) is 3.77. The van der Waals surface area contributed by atoms with Crippen LogP contribution in [0.3, 0.4) is 0 Å². The van der Waals surface area contributed by atoms with Crippen LogP contribution in [-0.2, 0) is 0 Å². The van der Waals surface area contributed by atoms with E-state index in [0.717, 1.165) is 23.3 Å². The molecule has 0 bridgehead atoms. The minimum absolute atomic E-state index is 0.0237. The Morgan fingerprint density at radius 2 is 1.78 bits per heavy atom. The zero-order valence-electron chi connectivity index (χ0n) is 12.2. The van der Waals surface area contributed by atoms with Gasteiger partial charge >= 0.3 is 0 Å². The second-order valence-corrected chi connectivity index (χ2v) is 5.09. The van der Waals surface area contributed by atoms with Gasteiger partial charge in [0, 0.05) is 17.7 Å². The molecule has 0 aliphatic rings. The van der Waals surface area contributed by atoms with Crippen molar-refractivity contribution < 1.29 is 8.78 Å². The molecule has 3 rings (SSSR count). The average Bonchev–Trinajstić information content (AvgIpc) is 2.50. The highest BCUT2D eigenvalue weighted by molar-refractivity contribution is 5.62. The van der Waals surface area contributed by atoms with Gasteiger partial charge in [-0.1, -0.05) is 29.8 Å². The second kappa shape index (κ2) is 6.00. The van der Waals surface area contributed by atoms with Gasteiger partial charge in [-0.25, -0.2) is 13.8 Å². The van der Waals surface area contributed by atoms with Gasteiger partial charge in [0.25, 0.3) is 5.56 Å². The molecule has 6 heteroatoms. The fourth-order valence-corrected chi connectivity index (χ4v) is 2.11. The molecule has 0 saturated heterocycles. The third kappa shape index (κ3) is 3.42. The fourth-order valence-electron chi connectivity index (χ4n) is 2.11. The van der Waals surface area contributed by atoms with Crippen molar-refractivity contribution in [2.45, 2.75) is 6.92 Å². The van der Waals surface area contributed by atoms with Crippen LogP contribution in [0.2, 0.25) is 0 Å². The van der Waals surface area contributed by atoms with Crippen molar-refractivity contribution in [3.63, 3.8) is 0 Å². The van der Waals surface area contributed by atoms with Gasteiger partial charge in [0.05, 0.1) is 11.4 Å². The molecule has 2 N–H and O–H groups in total. The molecule has 116 valence electrons. The number of aryl methyl sites for hydroxylation is 1. The smallest absolute Gasteiger partial charge is 0.252 e. The first-order chi connectivity index (χ1) is 11.0. The summed E-state index contributed by atoms with van der Waals surface area (Å²) >= 11 is 0. The van der Waals surface area contributed by atoms with Crippen molar-refractivity contribution in [3.05, 3.63) is 76.1 Å². The van der Waals surface area contributed by atoms with Crippen LogP contribution in [0, 0.1) is 18.6 Å². The number of nitrogens with zero attached hydrogens (tertiary/aromatic N) is 1. The largest absolute Gasteiger partial charge is 0.323 e. The summed E-state index contributed by atoms with van der Waals surface area (Å²) < 4.78 is 26.6. The zero-order chi connectivity index (χ0) is 16.4. The van der Waals surface area contributed by atoms with Gasteiger partial charge in [-0.2, -0.15) is 0 Å². The van der Waals surface area contributed by atoms with Crippen molar-refractivity contribution >= 4 is 11.6 Å². The van der Waals surface area contributed by atoms with Crippen LogP contribution in [0.15, 0.2) is 53.3 Å². The zero-order valence-corrected chi connectivity index (χ0v) is 12.2. The quantitative estimate of drug-likeness (QED) is 0.774. The number of benzene rings is 2. The van der Waals surface area contributed by atoms with Gasteiger partial charge in [0.15, 0.2) is 0 Å². The van der Waals surface area contributed by atoms with Crippen LogP contribution < -0.4 is 10.9 Å². The monoisotopic (exact) mass is 313 g/mol.